The zero-order chi connectivity index (χ0) is 23.7. The summed E-state index contributed by atoms with van der Waals surface area (Å²) in [5.41, 5.74) is 13.2. The van der Waals surface area contributed by atoms with Gasteiger partial charge >= 0.3 is 0 Å². The van der Waals surface area contributed by atoms with Crippen LogP contribution in [0.2, 0.25) is 0 Å². The Morgan fingerprint density at radius 3 is 2.56 bits per heavy atom. The van der Waals surface area contributed by atoms with Gasteiger partial charge in [-0.2, -0.15) is 0 Å². The Labute approximate surface area is 203 Å². The Hall–Kier alpha value is -3.58. The molecular formula is C33H33N. The fourth-order valence-electron chi connectivity index (χ4n) is 5.51. The second-order valence-electron chi connectivity index (χ2n) is 9.38. The molecule has 0 aliphatic heterocycles. The standard InChI is InChI=1S/C33H33N/c1-5-29(26-14-8-6-9-15-26)25(4)21-24(3)27-19-20-32-31(22-27)30-18-12-13-23(2)33(30)34(32)28-16-10-7-11-17-28/h5-10,12-16,18,21-22H,3,11,17,19-20H2,1-2,4H3/b25-21-,29-5+. The first-order chi connectivity index (χ1) is 16.6. The van der Waals surface area contributed by atoms with E-state index in [1.807, 2.05) is 0 Å². The summed E-state index contributed by atoms with van der Waals surface area (Å²) < 4.78 is 2.55. The van der Waals surface area contributed by atoms with Crippen molar-refractivity contribution >= 4 is 28.2 Å². The molecule has 1 aromatic heterocycles. The average molecular weight is 444 g/mol. The van der Waals surface area contributed by atoms with E-state index in [4.69, 9.17) is 0 Å². The predicted molar refractivity (Wildman–Crippen MR) is 149 cm³/mol. The van der Waals surface area contributed by atoms with E-state index >= 15 is 0 Å². The number of hydrogen-bond donors (Lipinski definition) is 0. The van der Waals surface area contributed by atoms with E-state index < -0.39 is 0 Å². The van der Waals surface area contributed by atoms with Gasteiger partial charge in [0.25, 0.3) is 0 Å². The second-order valence-corrected chi connectivity index (χ2v) is 9.38. The van der Waals surface area contributed by atoms with Crippen molar-refractivity contribution in [3.05, 3.63) is 125 Å². The lowest BCUT2D eigenvalue weighted by Crippen LogP contribution is -2.08. The molecule has 2 aliphatic rings. The highest BCUT2D eigenvalue weighted by molar-refractivity contribution is 5.97. The number of allylic oxidation sites excluding steroid dienone is 10. The SMILES string of the molecule is C=C(/C=C(C)\C(=C/C)c1ccccc1)C1=Cc2c(n(C3=CC=CCC3)c3c(C)cccc23)CC1. The van der Waals surface area contributed by atoms with Crippen LogP contribution in [0.15, 0.2) is 102 Å². The molecule has 5 rings (SSSR count). The van der Waals surface area contributed by atoms with Gasteiger partial charge in [0.15, 0.2) is 0 Å². The first-order valence-electron chi connectivity index (χ1n) is 12.4. The van der Waals surface area contributed by atoms with E-state index in [0.29, 0.717) is 0 Å². The number of aromatic nitrogens is 1. The fourth-order valence-corrected chi connectivity index (χ4v) is 5.51. The Bertz CT molecular complexity index is 1410. The highest BCUT2D eigenvalue weighted by Gasteiger charge is 2.23. The van der Waals surface area contributed by atoms with Crippen LogP contribution >= 0.6 is 0 Å². The minimum absolute atomic E-state index is 1.02. The largest absolute Gasteiger partial charge is 0.316 e. The molecule has 1 nitrogen and oxygen atoms in total. The molecule has 2 aromatic carbocycles. The van der Waals surface area contributed by atoms with Crippen LogP contribution in [0.3, 0.4) is 0 Å². The van der Waals surface area contributed by atoms with Crippen LogP contribution in [-0.2, 0) is 6.42 Å². The van der Waals surface area contributed by atoms with E-state index in [1.165, 1.54) is 55.7 Å². The molecule has 0 saturated carbocycles. The third-order valence-corrected chi connectivity index (χ3v) is 7.16. The quantitative estimate of drug-likeness (QED) is 0.347. The summed E-state index contributed by atoms with van der Waals surface area (Å²) in [6.07, 6.45) is 17.9. The van der Waals surface area contributed by atoms with E-state index in [1.54, 1.807) is 0 Å². The molecule has 0 atom stereocenters. The van der Waals surface area contributed by atoms with Crippen molar-refractivity contribution in [3.63, 3.8) is 0 Å². The molecule has 0 amide bonds. The van der Waals surface area contributed by atoms with Crippen molar-refractivity contribution in [1.29, 1.82) is 0 Å². The Morgan fingerprint density at radius 2 is 1.82 bits per heavy atom. The Balaban J connectivity index is 1.56. The molecule has 0 spiro atoms. The van der Waals surface area contributed by atoms with Crippen LogP contribution in [0.25, 0.3) is 28.2 Å². The molecule has 0 fully saturated rings. The second kappa shape index (κ2) is 9.35. The lowest BCUT2D eigenvalue weighted by molar-refractivity contribution is 0.845. The van der Waals surface area contributed by atoms with Gasteiger partial charge in [-0.3, -0.25) is 0 Å². The minimum atomic E-state index is 1.02. The molecule has 0 N–H and O–H groups in total. The molecule has 170 valence electrons. The molecule has 3 aromatic rings. The monoisotopic (exact) mass is 443 g/mol. The summed E-state index contributed by atoms with van der Waals surface area (Å²) in [7, 11) is 0. The van der Waals surface area contributed by atoms with E-state index in [-0.39, 0.29) is 0 Å². The first kappa shape index (κ1) is 22.2. The van der Waals surface area contributed by atoms with E-state index in [2.05, 4.69) is 117 Å². The van der Waals surface area contributed by atoms with Gasteiger partial charge in [0.2, 0.25) is 0 Å². The molecule has 34 heavy (non-hydrogen) atoms. The number of rotatable bonds is 5. The van der Waals surface area contributed by atoms with Gasteiger partial charge in [0.05, 0.1) is 5.52 Å². The van der Waals surface area contributed by atoms with Gasteiger partial charge in [0.1, 0.15) is 0 Å². The van der Waals surface area contributed by atoms with Crippen molar-refractivity contribution in [1.82, 2.24) is 4.57 Å². The lowest BCUT2D eigenvalue weighted by atomic mass is 9.89. The van der Waals surface area contributed by atoms with E-state index in [9.17, 15) is 0 Å². The van der Waals surface area contributed by atoms with Gasteiger partial charge in [-0.1, -0.05) is 79.4 Å². The number of nitrogens with zero attached hydrogens (tertiary/aromatic N) is 1. The van der Waals surface area contributed by atoms with Crippen LogP contribution < -0.4 is 0 Å². The van der Waals surface area contributed by atoms with Gasteiger partial charge in [-0.15, -0.1) is 0 Å². The van der Waals surface area contributed by atoms with Gasteiger partial charge in [-0.25, -0.2) is 0 Å². The first-order valence-corrected chi connectivity index (χ1v) is 12.4. The van der Waals surface area contributed by atoms with Crippen LogP contribution in [0.4, 0.5) is 0 Å². The normalized spacial score (nSPS) is 16.3. The molecule has 0 saturated heterocycles. The van der Waals surface area contributed by atoms with Crippen molar-refractivity contribution in [2.75, 3.05) is 0 Å². The molecule has 0 unspecified atom stereocenters. The van der Waals surface area contributed by atoms with E-state index in [0.717, 1.165) is 31.3 Å². The van der Waals surface area contributed by atoms with Gasteiger partial charge in [0, 0.05) is 22.3 Å². The third kappa shape index (κ3) is 3.96. The molecule has 1 heterocycles. The van der Waals surface area contributed by atoms with Crippen molar-refractivity contribution in [2.45, 2.75) is 46.5 Å². The zero-order valence-electron chi connectivity index (χ0n) is 20.6. The van der Waals surface area contributed by atoms with Crippen molar-refractivity contribution in [3.8, 4) is 0 Å². The third-order valence-electron chi connectivity index (χ3n) is 7.16. The highest BCUT2D eigenvalue weighted by Crippen LogP contribution is 2.40. The van der Waals surface area contributed by atoms with Crippen LogP contribution in [0.1, 0.15) is 55.5 Å². The Kier molecular flexibility index (Phi) is 6.11. The van der Waals surface area contributed by atoms with Gasteiger partial charge < -0.3 is 4.57 Å². The zero-order valence-corrected chi connectivity index (χ0v) is 20.6. The molecule has 0 radical (unpaired) electrons. The van der Waals surface area contributed by atoms with Crippen LogP contribution in [-0.4, -0.2) is 4.57 Å². The highest BCUT2D eigenvalue weighted by atomic mass is 15.0. The smallest absolute Gasteiger partial charge is 0.0563 e. The van der Waals surface area contributed by atoms with Crippen LogP contribution in [0, 0.1) is 6.92 Å². The number of aryl methyl sites for hydroxylation is 1. The fraction of sp³-hybridized carbons (Fsp3) is 0.212. The number of benzene rings is 2. The number of fused-ring (bicyclic) bond motifs is 3. The lowest BCUT2D eigenvalue weighted by Gasteiger charge is -2.21. The topological polar surface area (TPSA) is 4.93 Å². The number of para-hydroxylation sites is 1. The molecule has 2 aliphatic carbocycles. The maximum atomic E-state index is 4.50. The summed E-state index contributed by atoms with van der Waals surface area (Å²) in [6.45, 7) is 11.0. The van der Waals surface area contributed by atoms with Crippen LogP contribution in [0.5, 0.6) is 0 Å². The molecular weight excluding hydrogens is 410 g/mol. The summed E-state index contributed by atoms with van der Waals surface area (Å²) in [5.74, 6) is 0. The van der Waals surface area contributed by atoms with Gasteiger partial charge in [-0.05, 0) is 92.0 Å². The summed E-state index contributed by atoms with van der Waals surface area (Å²) in [5, 5.41) is 1.36. The summed E-state index contributed by atoms with van der Waals surface area (Å²) in [6, 6.07) is 17.3. The Morgan fingerprint density at radius 1 is 1.00 bits per heavy atom. The number of hydrogen-bond acceptors (Lipinski definition) is 0. The summed E-state index contributed by atoms with van der Waals surface area (Å²) >= 11 is 0. The maximum absolute atomic E-state index is 4.50. The molecule has 0 bridgehead atoms. The summed E-state index contributed by atoms with van der Waals surface area (Å²) in [4.78, 5) is 0. The minimum Gasteiger partial charge on any atom is -0.316 e. The van der Waals surface area contributed by atoms with Crippen molar-refractivity contribution < 1.29 is 0 Å². The average Bonchev–Trinajstić information content (AvgIpc) is 3.21. The molecule has 1 heteroatoms. The van der Waals surface area contributed by atoms with Crippen molar-refractivity contribution in [2.24, 2.45) is 0 Å². The maximum Gasteiger partial charge on any atom is 0.0563 e. The predicted octanol–water partition coefficient (Wildman–Crippen LogP) is 9.08.